The van der Waals surface area contributed by atoms with Gasteiger partial charge in [0.1, 0.15) is 5.75 Å². The van der Waals surface area contributed by atoms with Crippen LogP contribution in [-0.2, 0) is 19.1 Å². The van der Waals surface area contributed by atoms with Gasteiger partial charge in [-0.1, -0.05) is 19.9 Å². The molecule has 0 aliphatic carbocycles. The fourth-order valence-electron chi connectivity index (χ4n) is 4.84. The number of rotatable bonds is 6. The van der Waals surface area contributed by atoms with Crippen molar-refractivity contribution in [1.29, 1.82) is 0 Å². The van der Waals surface area contributed by atoms with E-state index < -0.39 is 17.3 Å². The van der Waals surface area contributed by atoms with E-state index in [0.717, 1.165) is 29.5 Å². The Labute approximate surface area is 191 Å². The number of hydrogen-bond donors (Lipinski definition) is 2. The van der Waals surface area contributed by atoms with Gasteiger partial charge < -0.3 is 25.2 Å². The predicted octanol–water partition coefficient (Wildman–Crippen LogP) is 3.38. The lowest BCUT2D eigenvalue weighted by atomic mass is 9.70. The van der Waals surface area contributed by atoms with E-state index in [2.05, 4.69) is 0 Å². The molecular formula is C25H38N2O5. The van der Waals surface area contributed by atoms with E-state index in [9.17, 15) is 14.7 Å². The van der Waals surface area contributed by atoms with Gasteiger partial charge >= 0.3 is 0 Å². The average molecular weight is 447 g/mol. The van der Waals surface area contributed by atoms with Gasteiger partial charge in [0, 0.05) is 18.5 Å². The first kappa shape index (κ1) is 24.5. The van der Waals surface area contributed by atoms with Gasteiger partial charge in [0.2, 0.25) is 5.91 Å². The van der Waals surface area contributed by atoms with E-state index >= 15 is 0 Å². The first-order valence-electron chi connectivity index (χ1n) is 11.5. The smallest absolute Gasteiger partial charge is 0.254 e. The number of nitrogens with zero attached hydrogens (tertiary/aromatic N) is 1. The summed E-state index contributed by atoms with van der Waals surface area (Å²) in [5.74, 6) is -0.653. The number of phenolic OH excluding ortho intramolecular Hbond substituents is 1. The second kappa shape index (κ2) is 9.02. The number of likely N-dealkylation sites (tertiary alicyclic amines) is 1. The molecule has 2 amide bonds. The van der Waals surface area contributed by atoms with Crippen LogP contribution in [0.1, 0.15) is 69.6 Å². The van der Waals surface area contributed by atoms with Crippen LogP contribution < -0.4 is 5.73 Å². The zero-order chi connectivity index (χ0) is 23.8. The number of aryl methyl sites for hydroxylation is 2. The lowest BCUT2D eigenvalue weighted by Crippen LogP contribution is -2.46. The number of carbonyl (C=O) groups excluding carboxylic acids is 2. The third kappa shape index (κ3) is 5.26. The second-order valence-corrected chi connectivity index (χ2v) is 10.5. The maximum atomic E-state index is 12.9. The second-order valence-electron chi connectivity index (χ2n) is 10.5. The summed E-state index contributed by atoms with van der Waals surface area (Å²) >= 11 is 0. The van der Waals surface area contributed by atoms with Crippen molar-refractivity contribution in [2.45, 2.75) is 78.6 Å². The first-order chi connectivity index (χ1) is 14.8. The minimum atomic E-state index is -0.731. The molecule has 7 heteroatoms. The lowest BCUT2D eigenvalue weighted by Gasteiger charge is -2.39. The highest BCUT2D eigenvalue weighted by Gasteiger charge is 2.41. The van der Waals surface area contributed by atoms with Gasteiger partial charge in [0.15, 0.2) is 11.9 Å². The van der Waals surface area contributed by atoms with E-state index in [1.54, 1.807) is 6.07 Å². The van der Waals surface area contributed by atoms with Crippen LogP contribution in [0, 0.1) is 25.2 Å². The number of benzene rings is 1. The van der Waals surface area contributed by atoms with Gasteiger partial charge in [-0.15, -0.1) is 0 Å². The number of carbonyl (C=O) groups is 2. The highest BCUT2D eigenvalue weighted by molar-refractivity contribution is 5.81. The highest BCUT2D eigenvalue weighted by Crippen LogP contribution is 2.44. The molecule has 7 nitrogen and oxygen atoms in total. The average Bonchev–Trinajstić information content (AvgIpc) is 3.08. The van der Waals surface area contributed by atoms with E-state index in [1.807, 2.05) is 52.5 Å². The molecule has 2 saturated heterocycles. The standard InChI is InChI=1S/C25H38N2O5/c1-15-11-18(20(28)12-16(15)2)19(13-24(3,4)23(26)30)17-7-9-27(10-8-17)22(29)21-14-31-25(5,6)32-21/h11-12,17,19,21,28H,7-10,13-14H2,1-6H3,(H2,26,30)/t19-,21-/m1/s1. The van der Waals surface area contributed by atoms with E-state index in [4.69, 9.17) is 15.2 Å². The molecule has 0 saturated carbocycles. The fraction of sp³-hybridized carbons (Fsp3) is 0.680. The topological polar surface area (TPSA) is 102 Å². The van der Waals surface area contributed by atoms with Crippen LogP contribution >= 0.6 is 0 Å². The maximum Gasteiger partial charge on any atom is 0.254 e. The summed E-state index contributed by atoms with van der Waals surface area (Å²) in [4.78, 5) is 26.9. The van der Waals surface area contributed by atoms with Gasteiger partial charge in [-0.3, -0.25) is 9.59 Å². The van der Waals surface area contributed by atoms with Gasteiger partial charge in [0.25, 0.3) is 5.91 Å². The molecule has 0 spiro atoms. The van der Waals surface area contributed by atoms with Crippen molar-refractivity contribution in [3.63, 3.8) is 0 Å². The number of ether oxygens (including phenoxy) is 2. The number of nitrogens with two attached hydrogens (primary N) is 1. The minimum Gasteiger partial charge on any atom is -0.508 e. The van der Waals surface area contributed by atoms with Gasteiger partial charge in [-0.25, -0.2) is 0 Å². The summed E-state index contributed by atoms with van der Waals surface area (Å²) in [5.41, 5.74) is 7.98. The molecule has 2 aliphatic heterocycles. The highest BCUT2D eigenvalue weighted by atomic mass is 16.7. The van der Waals surface area contributed by atoms with Crippen LogP contribution in [-0.4, -0.2) is 53.4 Å². The van der Waals surface area contributed by atoms with Gasteiger partial charge in [-0.2, -0.15) is 0 Å². The largest absolute Gasteiger partial charge is 0.508 e. The number of phenols is 1. The predicted molar refractivity (Wildman–Crippen MR) is 122 cm³/mol. The SMILES string of the molecule is Cc1cc(O)c([C@H](CC(C)(C)C(N)=O)C2CCN(C(=O)[C@H]3COC(C)(C)O3)CC2)cc1C. The van der Waals surface area contributed by atoms with Crippen molar-refractivity contribution >= 4 is 11.8 Å². The maximum absolute atomic E-state index is 12.9. The molecule has 3 rings (SSSR count). The number of piperidine rings is 1. The molecule has 2 aliphatic rings. The molecular weight excluding hydrogens is 408 g/mol. The van der Waals surface area contributed by atoms with Crippen LogP contribution in [0.15, 0.2) is 12.1 Å². The summed E-state index contributed by atoms with van der Waals surface area (Å²) in [7, 11) is 0. The zero-order valence-corrected chi connectivity index (χ0v) is 20.2. The van der Waals surface area contributed by atoms with Crippen molar-refractivity contribution in [2.75, 3.05) is 19.7 Å². The van der Waals surface area contributed by atoms with Crippen molar-refractivity contribution in [3.05, 3.63) is 28.8 Å². The summed E-state index contributed by atoms with van der Waals surface area (Å²) in [6.45, 7) is 12.9. The molecule has 2 heterocycles. The van der Waals surface area contributed by atoms with Crippen LogP contribution in [0.4, 0.5) is 0 Å². The van der Waals surface area contributed by atoms with Crippen molar-refractivity contribution in [3.8, 4) is 5.75 Å². The molecule has 178 valence electrons. The lowest BCUT2D eigenvalue weighted by molar-refractivity contribution is -0.161. The Bertz CT molecular complexity index is 871. The number of aromatic hydroxyl groups is 1. The van der Waals surface area contributed by atoms with E-state index in [-0.39, 0.29) is 36.0 Å². The third-order valence-electron chi connectivity index (χ3n) is 7.14. The monoisotopic (exact) mass is 446 g/mol. The van der Waals surface area contributed by atoms with Crippen LogP contribution in [0.2, 0.25) is 0 Å². The molecule has 1 aromatic rings. The quantitative estimate of drug-likeness (QED) is 0.697. The Morgan fingerprint density at radius 3 is 2.34 bits per heavy atom. The Balaban J connectivity index is 1.78. The van der Waals surface area contributed by atoms with Gasteiger partial charge in [0.05, 0.1) is 6.61 Å². The molecule has 2 atom stereocenters. The summed E-state index contributed by atoms with van der Waals surface area (Å²) < 4.78 is 11.3. The first-order valence-corrected chi connectivity index (χ1v) is 11.5. The Hall–Kier alpha value is -2.12. The summed E-state index contributed by atoms with van der Waals surface area (Å²) in [5, 5.41) is 10.8. The molecule has 0 aromatic heterocycles. The Morgan fingerprint density at radius 1 is 1.22 bits per heavy atom. The molecule has 32 heavy (non-hydrogen) atoms. The molecule has 3 N–H and O–H groups in total. The van der Waals surface area contributed by atoms with Crippen molar-refractivity contribution < 1.29 is 24.2 Å². The number of amides is 2. The van der Waals surface area contributed by atoms with Crippen molar-refractivity contribution in [1.82, 2.24) is 4.90 Å². The van der Waals surface area contributed by atoms with Crippen molar-refractivity contribution in [2.24, 2.45) is 17.1 Å². The van der Waals surface area contributed by atoms with Gasteiger partial charge in [-0.05, 0) is 81.5 Å². The Kier molecular flexibility index (Phi) is 6.91. The molecule has 0 unspecified atom stereocenters. The number of primary amides is 1. The minimum absolute atomic E-state index is 0.0287. The fourth-order valence-corrected chi connectivity index (χ4v) is 4.84. The third-order valence-corrected chi connectivity index (χ3v) is 7.14. The summed E-state index contributed by atoms with van der Waals surface area (Å²) in [6, 6.07) is 3.84. The zero-order valence-electron chi connectivity index (χ0n) is 20.2. The van der Waals surface area contributed by atoms with E-state index in [0.29, 0.717) is 19.5 Å². The van der Waals surface area contributed by atoms with Crippen LogP contribution in [0.3, 0.4) is 0 Å². The number of hydrogen-bond acceptors (Lipinski definition) is 5. The molecule has 2 fully saturated rings. The molecule has 1 aromatic carbocycles. The Morgan fingerprint density at radius 2 is 1.81 bits per heavy atom. The molecule has 0 bridgehead atoms. The normalized spacial score (nSPS) is 22.7. The molecule has 0 radical (unpaired) electrons. The summed E-state index contributed by atoms with van der Waals surface area (Å²) in [6.07, 6.45) is 1.56. The van der Waals surface area contributed by atoms with Crippen LogP contribution in [0.5, 0.6) is 5.75 Å². The van der Waals surface area contributed by atoms with Crippen LogP contribution in [0.25, 0.3) is 0 Å². The van der Waals surface area contributed by atoms with E-state index in [1.165, 1.54) is 0 Å².